The fraction of sp³-hybridized carbons (Fsp3) is 0.421. The molecule has 0 unspecified atom stereocenters. The van der Waals surface area contributed by atoms with Gasteiger partial charge < -0.3 is 14.1 Å². The second-order valence-corrected chi connectivity index (χ2v) is 6.15. The Bertz CT molecular complexity index is 648. The summed E-state index contributed by atoms with van der Waals surface area (Å²) in [6.45, 7) is 7.56. The van der Waals surface area contributed by atoms with E-state index in [-0.39, 0.29) is 5.91 Å². The SMILES string of the molecule is Cc1cccc(CN(CCN2CCOCC2)C(=O)c2ccco2)c1. The fourth-order valence-electron chi connectivity index (χ4n) is 2.93. The highest BCUT2D eigenvalue weighted by Crippen LogP contribution is 2.12. The predicted molar refractivity (Wildman–Crippen MR) is 91.9 cm³/mol. The lowest BCUT2D eigenvalue weighted by atomic mass is 10.1. The molecule has 3 rings (SSSR count). The molecule has 5 heteroatoms. The third-order valence-corrected chi connectivity index (χ3v) is 4.26. The van der Waals surface area contributed by atoms with Crippen LogP contribution < -0.4 is 0 Å². The van der Waals surface area contributed by atoms with Crippen molar-refractivity contribution >= 4 is 5.91 Å². The Labute approximate surface area is 142 Å². The Morgan fingerprint density at radius 2 is 2.04 bits per heavy atom. The Kier molecular flexibility index (Phi) is 5.67. The molecule has 1 aromatic heterocycles. The van der Waals surface area contributed by atoms with Gasteiger partial charge in [-0.3, -0.25) is 9.69 Å². The number of hydrogen-bond donors (Lipinski definition) is 0. The maximum Gasteiger partial charge on any atom is 0.289 e. The van der Waals surface area contributed by atoms with Crippen LogP contribution in [0.2, 0.25) is 0 Å². The van der Waals surface area contributed by atoms with Crippen LogP contribution in [0.25, 0.3) is 0 Å². The number of furan rings is 1. The molecule has 0 saturated carbocycles. The van der Waals surface area contributed by atoms with Gasteiger partial charge in [-0.25, -0.2) is 0 Å². The normalized spacial score (nSPS) is 15.4. The van der Waals surface area contributed by atoms with Gasteiger partial charge in [-0.15, -0.1) is 0 Å². The zero-order chi connectivity index (χ0) is 16.8. The molecule has 128 valence electrons. The third kappa shape index (κ3) is 4.46. The molecular weight excluding hydrogens is 304 g/mol. The van der Waals surface area contributed by atoms with Crippen LogP contribution in [0.3, 0.4) is 0 Å². The highest BCUT2D eigenvalue weighted by Gasteiger charge is 2.20. The predicted octanol–water partition coefficient (Wildman–Crippen LogP) is 2.56. The Hall–Kier alpha value is -2.11. The van der Waals surface area contributed by atoms with Crippen molar-refractivity contribution in [2.75, 3.05) is 39.4 Å². The number of amides is 1. The summed E-state index contributed by atoms with van der Waals surface area (Å²) in [6, 6.07) is 11.7. The summed E-state index contributed by atoms with van der Waals surface area (Å²) >= 11 is 0. The average Bonchev–Trinajstić information content (AvgIpc) is 3.13. The first-order valence-electron chi connectivity index (χ1n) is 8.41. The lowest BCUT2D eigenvalue weighted by molar-refractivity contribution is 0.0316. The van der Waals surface area contributed by atoms with E-state index in [2.05, 4.69) is 30.0 Å². The van der Waals surface area contributed by atoms with Gasteiger partial charge in [-0.2, -0.15) is 0 Å². The molecule has 1 aromatic carbocycles. The summed E-state index contributed by atoms with van der Waals surface area (Å²) in [4.78, 5) is 17.0. The number of hydrogen-bond acceptors (Lipinski definition) is 4. The van der Waals surface area contributed by atoms with E-state index in [4.69, 9.17) is 9.15 Å². The molecule has 1 amide bonds. The minimum Gasteiger partial charge on any atom is -0.459 e. The molecule has 2 heterocycles. The first kappa shape index (κ1) is 16.7. The number of ether oxygens (including phenoxy) is 1. The number of rotatable bonds is 6. The minimum atomic E-state index is -0.0604. The zero-order valence-electron chi connectivity index (χ0n) is 14.1. The first-order chi connectivity index (χ1) is 11.7. The molecule has 0 atom stereocenters. The zero-order valence-corrected chi connectivity index (χ0v) is 14.1. The topological polar surface area (TPSA) is 45.9 Å². The van der Waals surface area contributed by atoms with Gasteiger partial charge >= 0.3 is 0 Å². The van der Waals surface area contributed by atoms with Crippen molar-refractivity contribution < 1.29 is 13.9 Å². The molecule has 5 nitrogen and oxygen atoms in total. The first-order valence-corrected chi connectivity index (χ1v) is 8.41. The second kappa shape index (κ2) is 8.13. The van der Waals surface area contributed by atoms with Gasteiger partial charge in [0.25, 0.3) is 5.91 Å². The Balaban J connectivity index is 1.68. The van der Waals surface area contributed by atoms with Crippen LogP contribution in [-0.2, 0) is 11.3 Å². The number of aryl methyl sites for hydroxylation is 1. The van der Waals surface area contributed by atoms with Crippen LogP contribution in [0.4, 0.5) is 0 Å². The van der Waals surface area contributed by atoms with Crippen LogP contribution in [0.15, 0.2) is 47.1 Å². The van der Waals surface area contributed by atoms with Gasteiger partial charge in [0.2, 0.25) is 0 Å². The number of benzene rings is 1. The van der Waals surface area contributed by atoms with E-state index in [9.17, 15) is 4.79 Å². The standard InChI is InChI=1S/C19H24N2O3/c1-16-4-2-5-17(14-16)15-21(19(22)18-6-3-11-24-18)8-7-20-9-12-23-13-10-20/h2-6,11,14H,7-10,12-13,15H2,1H3. The molecule has 0 N–H and O–H groups in total. The summed E-state index contributed by atoms with van der Waals surface area (Å²) in [5.74, 6) is 0.333. The largest absolute Gasteiger partial charge is 0.459 e. The van der Waals surface area contributed by atoms with E-state index in [1.54, 1.807) is 18.4 Å². The van der Waals surface area contributed by atoms with Gasteiger partial charge in [0.15, 0.2) is 5.76 Å². The van der Waals surface area contributed by atoms with Crippen molar-refractivity contribution in [2.45, 2.75) is 13.5 Å². The van der Waals surface area contributed by atoms with Gasteiger partial charge in [-0.1, -0.05) is 29.8 Å². The molecule has 2 aromatic rings. The third-order valence-electron chi connectivity index (χ3n) is 4.26. The van der Waals surface area contributed by atoms with Gasteiger partial charge in [0.1, 0.15) is 0 Å². The Morgan fingerprint density at radius 1 is 1.21 bits per heavy atom. The molecular formula is C19H24N2O3. The van der Waals surface area contributed by atoms with E-state index in [1.807, 2.05) is 11.0 Å². The summed E-state index contributed by atoms with van der Waals surface area (Å²) in [7, 11) is 0. The maximum absolute atomic E-state index is 12.8. The van der Waals surface area contributed by atoms with Crippen molar-refractivity contribution in [3.63, 3.8) is 0 Å². The summed E-state index contributed by atoms with van der Waals surface area (Å²) in [5, 5.41) is 0. The van der Waals surface area contributed by atoms with Crippen molar-refractivity contribution in [1.82, 2.24) is 9.80 Å². The van der Waals surface area contributed by atoms with Gasteiger partial charge in [0.05, 0.1) is 19.5 Å². The molecule has 0 spiro atoms. The highest BCUT2D eigenvalue weighted by atomic mass is 16.5. The summed E-state index contributed by atoms with van der Waals surface area (Å²) < 4.78 is 10.7. The summed E-state index contributed by atoms with van der Waals surface area (Å²) in [5.41, 5.74) is 2.34. The molecule has 1 aliphatic rings. The second-order valence-electron chi connectivity index (χ2n) is 6.15. The van der Waals surface area contributed by atoms with E-state index in [0.717, 1.165) is 38.4 Å². The average molecular weight is 328 g/mol. The smallest absolute Gasteiger partial charge is 0.289 e. The molecule has 0 radical (unpaired) electrons. The summed E-state index contributed by atoms with van der Waals surface area (Å²) in [6.07, 6.45) is 1.54. The maximum atomic E-state index is 12.8. The van der Waals surface area contributed by atoms with Crippen molar-refractivity contribution in [1.29, 1.82) is 0 Å². The van der Waals surface area contributed by atoms with E-state index in [0.29, 0.717) is 18.8 Å². The molecule has 1 fully saturated rings. The van der Waals surface area contributed by atoms with Crippen molar-refractivity contribution in [3.05, 3.63) is 59.5 Å². The van der Waals surface area contributed by atoms with Crippen LogP contribution in [0, 0.1) is 6.92 Å². The highest BCUT2D eigenvalue weighted by molar-refractivity contribution is 5.91. The number of morpholine rings is 1. The quantitative estimate of drug-likeness (QED) is 0.818. The van der Waals surface area contributed by atoms with Gasteiger partial charge in [-0.05, 0) is 24.6 Å². The van der Waals surface area contributed by atoms with Gasteiger partial charge in [0, 0.05) is 32.7 Å². The molecule has 0 bridgehead atoms. The lowest BCUT2D eigenvalue weighted by Crippen LogP contribution is -2.42. The van der Waals surface area contributed by atoms with Crippen molar-refractivity contribution in [3.8, 4) is 0 Å². The monoisotopic (exact) mass is 328 g/mol. The molecule has 24 heavy (non-hydrogen) atoms. The van der Waals surface area contributed by atoms with Crippen LogP contribution in [-0.4, -0.2) is 55.1 Å². The van der Waals surface area contributed by atoms with Crippen LogP contribution >= 0.6 is 0 Å². The fourth-order valence-corrected chi connectivity index (χ4v) is 2.93. The lowest BCUT2D eigenvalue weighted by Gasteiger charge is -2.30. The number of carbonyl (C=O) groups is 1. The van der Waals surface area contributed by atoms with E-state index < -0.39 is 0 Å². The van der Waals surface area contributed by atoms with E-state index >= 15 is 0 Å². The van der Waals surface area contributed by atoms with Crippen molar-refractivity contribution in [2.24, 2.45) is 0 Å². The minimum absolute atomic E-state index is 0.0604. The number of carbonyl (C=O) groups excluding carboxylic acids is 1. The van der Waals surface area contributed by atoms with Crippen LogP contribution in [0.1, 0.15) is 21.7 Å². The molecule has 0 aliphatic carbocycles. The molecule has 1 aliphatic heterocycles. The molecule has 1 saturated heterocycles. The Morgan fingerprint density at radius 3 is 2.75 bits per heavy atom. The number of nitrogens with zero attached hydrogens (tertiary/aromatic N) is 2. The van der Waals surface area contributed by atoms with E-state index in [1.165, 1.54) is 5.56 Å². The van der Waals surface area contributed by atoms with Crippen LogP contribution in [0.5, 0.6) is 0 Å².